The molecule has 34 heavy (non-hydrogen) atoms. The summed E-state index contributed by atoms with van der Waals surface area (Å²) in [5, 5.41) is 11.9. The number of aliphatic hydroxyl groups excluding tert-OH is 1. The number of aryl methyl sites for hydroxylation is 1. The van der Waals surface area contributed by atoms with Crippen molar-refractivity contribution in [1.29, 1.82) is 0 Å². The zero-order valence-corrected chi connectivity index (χ0v) is 20.4. The average Bonchev–Trinajstić information content (AvgIpc) is 3.16. The second kappa shape index (κ2) is 10.7. The summed E-state index contributed by atoms with van der Waals surface area (Å²) in [5.41, 5.74) is 5.75. The third kappa shape index (κ3) is 5.09. The fourth-order valence-corrected chi connectivity index (χ4v) is 4.91. The number of Topliss-reactive ketones (excluding diaryl/α,β-unsaturated/α-hetero) is 1. The molecule has 1 heterocycles. The van der Waals surface area contributed by atoms with E-state index in [1.807, 2.05) is 30.3 Å². The number of H-pyrrole nitrogens is 1. The number of allylic oxidation sites excluding steroid dienone is 2. The summed E-state index contributed by atoms with van der Waals surface area (Å²) in [4.78, 5) is 21.5. The number of aromatic nitrogens is 1. The number of carbonyl (C=O) groups excluding carboxylic acids is 1. The van der Waals surface area contributed by atoms with E-state index in [9.17, 15) is 9.90 Å². The molecule has 1 saturated carbocycles. The van der Waals surface area contributed by atoms with Crippen molar-refractivity contribution in [2.45, 2.75) is 58.3 Å². The Kier molecular flexibility index (Phi) is 7.51. The number of nitrogens with zero attached hydrogens (tertiary/aromatic N) is 1. The van der Waals surface area contributed by atoms with Crippen molar-refractivity contribution in [3.63, 3.8) is 0 Å². The fraction of sp³-hybridized carbons (Fsp3) is 0.379. The maximum absolute atomic E-state index is 13.2. The third-order valence-electron chi connectivity index (χ3n) is 6.76. The number of rotatable bonds is 8. The summed E-state index contributed by atoms with van der Waals surface area (Å²) in [6, 6.07) is 16.2. The molecule has 1 fully saturated rings. The molecule has 5 heteroatoms. The molecule has 0 saturated heterocycles. The van der Waals surface area contributed by atoms with Gasteiger partial charge in [-0.1, -0.05) is 43.7 Å². The van der Waals surface area contributed by atoms with Crippen molar-refractivity contribution in [3.8, 4) is 5.75 Å². The molecular weight excluding hydrogens is 424 g/mol. The van der Waals surface area contributed by atoms with Gasteiger partial charge in [0.2, 0.25) is 0 Å². The monoisotopic (exact) mass is 458 g/mol. The molecule has 0 spiro atoms. The van der Waals surface area contributed by atoms with Gasteiger partial charge >= 0.3 is 0 Å². The number of hydrogen-bond donors (Lipinski definition) is 2. The molecule has 1 aliphatic rings. The summed E-state index contributed by atoms with van der Waals surface area (Å²) in [5.74, 6) is 1.12. The predicted octanol–water partition coefficient (Wildman–Crippen LogP) is 6.62. The minimum atomic E-state index is 0.000433. The van der Waals surface area contributed by atoms with Gasteiger partial charge < -0.3 is 14.8 Å². The molecule has 178 valence electrons. The number of hydrogen-bond acceptors (Lipinski definition) is 4. The van der Waals surface area contributed by atoms with E-state index in [1.54, 1.807) is 7.11 Å². The summed E-state index contributed by atoms with van der Waals surface area (Å²) in [6.07, 6.45) is 4.17. The highest BCUT2D eigenvalue weighted by molar-refractivity contribution is 6.24. The van der Waals surface area contributed by atoms with Crippen molar-refractivity contribution in [3.05, 3.63) is 76.7 Å². The van der Waals surface area contributed by atoms with Crippen molar-refractivity contribution >= 4 is 22.4 Å². The number of methoxy groups -OCH3 is 1. The van der Waals surface area contributed by atoms with Gasteiger partial charge in [-0.3, -0.25) is 9.79 Å². The number of ether oxygens (including phenoxy) is 1. The fourth-order valence-electron chi connectivity index (χ4n) is 4.91. The van der Waals surface area contributed by atoms with Crippen molar-refractivity contribution in [2.24, 2.45) is 4.99 Å². The standard InChI is InChI=1S/C29H34N2O3/c1-4-5-11-27(32)29-26(16-21(17-28(29)33)20-9-7-6-8-10-20)30-15-14-23-19(2)31-25-13-12-22(34-3)18-24(23)25/h6-10,12-13,18,21,31-32H,4-5,11,14-17H2,1-3H3. The molecule has 1 unspecified atom stereocenters. The molecule has 1 atom stereocenters. The van der Waals surface area contributed by atoms with Crippen LogP contribution in [-0.2, 0) is 11.2 Å². The molecule has 3 aromatic rings. The Hall–Kier alpha value is -3.34. The quantitative estimate of drug-likeness (QED) is 0.294. The van der Waals surface area contributed by atoms with Crippen LogP contribution in [0.1, 0.15) is 61.8 Å². The number of unbranched alkanes of at least 4 members (excludes halogenated alkanes) is 1. The topological polar surface area (TPSA) is 74.7 Å². The summed E-state index contributed by atoms with van der Waals surface area (Å²) in [7, 11) is 1.68. The molecular formula is C29H34N2O3. The van der Waals surface area contributed by atoms with Crippen LogP contribution in [0.2, 0.25) is 0 Å². The van der Waals surface area contributed by atoms with Crippen LogP contribution in [0.15, 0.2) is 64.9 Å². The number of aliphatic imine (C=N–C) groups is 1. The molecule has 5 nitrogen and oxygen atoms in total. The third-order valence-corrected chi connectivity index (χ3v) is 6.76. The number of aromatic amines is 1. The summed E-state index contributed by atoms with van der Waals surface area (Å²) < 4.78 is 5.41. The highest BCUT2D eigenvalue weighted by Gasteiger charge is 2.32. The van der Waals surface area contributed by atoms with Gasteiger partial charge in [-0.05, 0) is 61.4 Å². The van der Waals surface area contributed by atoms with Crippen LogP contribution >= 0.6 is 0 Å². The first-order valence-corrected chi connectivity index (χ1v) is 12.2. The van der Waals surface area contributed by atoms with Gasteiger partial charge in [-0.15, -0.1) is 0 Å². The van der Waals surface area contributed by atoms with E-state index in [0.717, 1.165) is 52.9 Å². The minimum absolute atomic E-state index is 0.000433. The van der Waals surface area contributed by atoms with E-state index in [1.165, 1.54) is 5.56 Å². The van der Waals surface area contributed by atoms with Crippen LogP contribution < -0.4 is 4.74 Å². The smallest absolute Gasteiger partial charge is 0.168 e. The Labute approximate surface area is 201 Å². The first-order chi connectivity index (χ1) is 16.5. The molecule has 0 aliphatic heterocycles. The lowest BCUT2D eigenvalue weighted by Gasteiger charge is -2.26. The van der Waals surface area contributed by atoms with Crippen LogP contribution in [0.25, 0.3) is 10.9 Å². The van der Waals surface area contributed by atoms with E-state index >= 15 is 0 Å². The van der Waals surface area contributed by atoms with Gasteiger partial charge in [0.25, 0.3) is 0 Å². The first kappa shape index (κ1) is 23.8. The van der Waals surface area contributed by atoms with Crippen LogP contribution in [-0.4, -0.2) is 35.2 Å². The molecule has 1 aromatic heterocycles. The lowest BCUT2D eigenvalue weighted by Crippen LogP contribution is -2.27. The summed E-state index contributed by atoms with van der Waals surface area (Å²) >= 11 is 0. The minimum Gasteiger partial charge on any atom is -0.511 e. The molecule has 0 radical (unpaired) electrons. The van der Waals surface area contributed by atoms with E-state index in [4.69, 9.17) is 9.73 Å². The zero-order valence-electron chi connectivity index (χ0n) is 20.4. The number of benzene rings is 2. The van der Waals surface area contributed by atoms with Crippen molar-refractivity contribution < 1.29 is 14.6 Å². The van der Waals surface area contributed by atoms with E-state index in [-0.39, 0.29) is 17.5 Å². The van der Waals surface area contributed by atoms with Gasteiger partial charge in [-0.25, -0.2) is 0 Å². The average molecular weight is 459 g/mol. The van der Waals surface area contributed by atoms with E-state index in [0.29, 0.717) is 31.4 Å². The van der Waals surface area contributed by atoms with Crippen molar-refractivity contribution in [2.75, 3.05) is 13.7 Å². The Morgan fingerprint density at radius 2 is 1.97 bits per heavy atom. The van der Waals surface area contributed by atoms with Gasteiger partial charge in [0.15, 0.2) is 5.78 Å². The maximum Gasteiger partial charge on any atom is 0.168 e. The predicted molar refractivity (Wildman–Crippen MR) is 138 cm³/mol. The molecule has 2 aromatic carbocycles. The number of fused-ring (bicyclic) bond motifs is 1. The lowest BCUT2D eigenvalue weighted by molar-refractivity contribution is -0.116. The number of aliphatic hydroxyl groups is 1. The SMILES string of the molecule is CCCCC(O)=C1C(=O)CC(c2ccccc2)CC1=NCCc1c(C)[nH]c2ccc(OC)cc12. The van der Waals surface area contributed by atoms with Crippen molar-refractivity contribution in [1.82, 2.24) is 4.98 Å². The lowest BCUT2D eigenvalue weighted by atomic mass is 9.78. The van der Waals surface area contributed by atoms with Gasteiger partial charge in [0.1, 0.15) is 11.5 Å². The molecule has 4 rings (SSSR count). The van der Waals surface area contributed by atoms with Crippen LogP contribution in [0.5, 0.6) is 5.75 Å². The van der Waals surface area contributed by atoms with Gasteiger partial charge in [0.05, 0.1) is 12.7 Å². The summed E-state index contributed by atoms with van der Waals surface area (Å²) in [6.45, 7) is 4.71. The zero-order chi connectivity index (χ0) is 24.1. The number of nitrogens with one attached hydrogen (secondary N) is 1. The Balaban J connectivity index is 1.62. The maximum atomic E-state index is 13.2. The second-order valence-electron chi connectivity index (χ2n) is 9.08. The van der Waals surface area contributed by atoms with Gasteiger partial charge in [0, 0.05) is 41.7 Å². The van der Waals surface area contributed by atoms with Gasteiger partial charge in [-0.2, -0.15) is 0 Å². The number of ketones is 1. The first-order valence-electron chi connectivity index (χ1n) is 12.2. The Morgan fingerprint density at radius 3 is 2.71 bits per heavy atom. The highest BCUT2D eigenvalue weighted by atomic mass is 16.5. The van der Waals surface area contributed by atoms with Crippen LogP contribution in [0, 0.1) is 6.92 Å². The highest BCUT2D eigenvalue weighted by Crippen LogP contribution is 2.34. The normalized spacial score (nSPS) is 19.1. The Morgan fingerprint density at radius 1 is 1.18 bits per heavy atom. The van der Waals surface area contributed by atoms with Crippen LogP contribution in [0.4, 0.5) is 0 Å². The number of carbonyl (C=O) groups is 1. The second-order valence-corrected chi connectivity index (χ2v) is 9.08. The molecule has 1 aliphatic carbocycles. The molecule has 0 amide bonds. The molecule has 0 bridgehead atoms. The van der Waals surface area contributed by atoms with E-state index in [2.05, 4.69) is 37.0 Å². The largest absolute Gasteiger partial charge is 0.511 e. The van der Waals surface area contributed by atoms with E-state index < -0.39 is 0 Å². The Bertz CT molecular complexity index is 1220. The molecule has 2 N–H and O–H groups in total. The van der Waals surface area contributed by atoms with Crippen LogP contribution in [0.3, 0.4) is 0 Å².